The summed E-state index contributed by atoms with van der Waals surface area (Å²) in [6.07, 6.45) is 3.39. The number of aliphatic hydroxyl groups is 2. The normalized spacial score (nSPS) is 20.2. The number of aliphatic hydroxyl groups excluding tert-OH is 2. The minimum Gasteiger partial charge on any atom is -0.506 e. The van der Waals surface area contributed by atoms with Crippen molar-refractivity contribution in [3.63, 3.8) is 0 Å². The molecule has 0 radical (unpaired) electrons. The highest BCUT2D eigenvalue weighted by atomic mass is 16.6. The Balaban J connectivity index is 1.65. The van der Waals surface area contributed by atoms with Crippen LogP contribution in [0.4, 0.5) is 0 Å². The molecule has 4 rings (SSSR count). The molecule has 0 saturated heterocycles. The number of hydrogen-bond donors (Lipinski definition) is 2. The van der Waals surface area contributed by atoms with Crippen molar-refractivity contribution >= 4 is 11.9 Å². The van der Waals surface area contributed by atoms with E-state index in [2.05, 4.69) is 0 Å². The van der Waals surface area contributed by atoms with Crippen LogP contribution in [0.2, 0.25) is 0 Å². The first-order valence-corrected chi connectivity index (χ1v) is 8.88. The van der Waals surface area contributed by atoms with Gasteiger partial charge in [-0.05, 0) is 30.3 Å². The van der Waals surface area contributed by atoms with Crippen LogP contribution in [0.25, 0.3) is 0 Å². The van der Waals surface area contributed by atoms with E-state index in [9.17, 15) is 19.8 Å². The average molecular weight is 391 g/mol. The highest BCUT2D eigenvalue weighted by Gasteiger charge is 2.39. The standard InChI is InChI=1S/C22H17NO6/c24-16-11-12-23-13-17(28-21(26)14-7-3-1-4-8-14)20(19(25)18(16)23)29-22(27)15-9-5-2-6-10-15/h1-13,16,18,24-25H. The van der Waals surface area contributed by atoms with Crippen molar-refractivity contribution < 1.29 is 29.3 Å². The quantitative estimate of drug-likeness (QED) is 0.774. The molecular weight excluding hydrogens is 374 g/mol. The summed E-state index contributed by atoms with van der Waals surface area (Å²) in [7, 11) is 0. The van der Waals surface area contributed by atoms with Crippen molar-refractivity contribution in [3.8, 4) is 0 Å². The first-order chi connectivity index (χ1) is 14.0. The molecule has 0 bridgehead atoms. The van der Waals surface area contributed by atoms with Crippen molar-refractivity contribution in [2.24, 2.45) is 0 Å². The van der Waals surface area contributed by atoms with Crippen LogP contribution >= 0.6 is 0 Å². The molecule has 2 aliphatic rings. The molecule has 2 heterocycles. The Bertz CT molecular complexity index is 1030. The average Bonchev–Trinajstić information content (AvgIpc) is 3.12. The predicted molar refractivity (Wildman–Crippen MR) is 102 cm³/mol. The molecule has 2 aliphatic heterocycles. The molecule has 7 heteroatoms. The first kappa shape index (κ1) is 18.5. The summed E-state index contributed by atoms with van der Waals surface area (Å²) in [5.41, 5.74) is 0.551. The van der Waals surface area contributed by atoms with Crippen molar-refractivity contribution in [2.45, 2.75) is 12.1 Å². The zero-order valence-corrected chi connectivity index (χ0v) is 15.1. The number of hydrogen-bond acceptors (Lipinski definition) is 7. The maximum absolute atomic E-state index is 12.5. The highest BCUT2D eigenvalue weighted by Crippen LogP contribution is 2.33. The van der Waals surface area contributed by atoms with Gasteiger partial charge in [0.15, 0.2) is 11.5 Å². The van der Waals surface area contributed by atoms with Crippen LogP contribution in [-0.2, 0) is 9.47 Å². The fourth-order valence-corrected chi connectivity index (χ4v) is 3.08. The Hall–Kier alpha value is -3.84. The van der Waals surface area contributed by atoms with E-state index >= 15 is 0 Å². The van der Waals surface area contributed by atoms with Gasteiger partial charge in [0.25, 0.3) is 0 Å². The Morgan fingerprint density at radius 3 is 2.00 bits per heavy atom. The van der Waals surface area contributed by atoms with Gasteiger partial charge in [-0.1, -0.05) is 36.4 Å². The summed E-state index contributed by atoms with van der Waals surface area (Å²) in [4.78, 5) is 26.5. The fraction of sp³-hybridized carbons (Fsp3) is 0.0909. The highest BCUT2D eigenvalue weighted by molar-refractivity contribution is 5.91. The Morgan fingerprint density at radius 1 is 0.862 bits per heavy atom. The maximum atomic E-state index is 12.5. The SMILES string of the molecule is O=C(OC1=CN2C=CC(O)C2C(O)=C1OC(=O)c1ccccc1)c1ccccc1. The van der Waals surface area contributed by atoms with Gasteiger partial charge in [0.05, 0.1) is 17.3 Å². The van der Waals surface area contributed by atoms with Gasteiger partial charge in [0, 0.05) is 6.20 Å². The zero-order chi connectivity index (χ0) is 20.4. The van der Waals surface area contributed by atoms with E-state index in [0.29, 0.717) is 5.56 Å². The minimum atomic E-state index is -1.01. The number of carbonyl (C=O) groups is 2. The molecule has 2 unspecified atom stereocenters. The molecule has 0 saturated carbocycles. The summed E-state index contributed by atoms with van der Waals surface area (Å²) < 4.78 is 10.8. The Labute approximate surface area is 166 Å². The van der Waals surface area contributed by atoms with Crippen LogP contribution in [0.5, 0.6) is 0 Å². The summed E-state index contributed by atoms with van der Waals surface area (Å²) in [5.74, 6) is -2.28. The topological polar surface area (TPSA) is 96.3 Å². The van der Waals surface area contributed by atoms with Gasteiger partial charge in [-0.25, -0.2) is 9.59 Å². The third kappa shape index (κ3) is 3.63. The predicted octanol–water partition coefficient (Wildman–Crippen LogP) is 2.88. The van der Waals surface area contributed by atoms with E-state index in [1.54, 1.807) is 60.7 Å². The molecule has 7 nitrogen and oxygen atoms in total. The number of fused-ring (bicyclic) bond motifs is 1. The fourth-order valence-electron chi connectivity index (χ4n) is 3.08. The number of rotatable bonds is 4. The monoisotopic (exact) mass is 391 g/mol. The molecule has 2 aromatic rings. The number of nitrogens with zero attached hydrogens (tertiary/aromatic N) is 1. The second-order valence-electron chi connectivity index (χ2n) is 6.44. The van der Waals surface area contributed by atoms with Crippen LogP contribution in [0.1, 0.15) is 20.7 Å². The summed E-state index contributed by atoms with van der Waals surface area (Å²) in [6.45, 7) is 0. The lowest BCUT2D eigenvalue weighted by molar-refractivity contribution is 0.0446. The summed E-state index contributed by atoms with van der Waals surface area (Å²) >= 11 is 0. The minimum absolute atomic E-state index is 0.143. The summed E-state index contributed by atoms with van der Waals surface area (Å²) in [6, 6.07) is 15.6. The lowest BCUT2D eigenvalue weighted by atomic mass is 10.1. The van der Waals surface area contributed by atoms with Gasteiger partial charge in [-0.15, -0.1) is 0 Å². The first-order valence-electron chi connectivity index (χ1n) is 8.88. The van der Waals surface area contributed by atoms with Crippen molar-refractivity contribution in [2.75, 3.05) is 0 Å². The third-order valence-electron chi connectivity index (χ3n) is 4.52. The van der Waals surface area contributed by atoms with Crippen LogP contribution in [0.3, 0.4) is 0 Å². The van der Waals surface area contributed by atoms with Gasteiger partial charge in [-0.2, -0.15) is 0 Å². The van der Waals surface area contributed by atoms with E-state index in [0.717, 1.165) is 0 Å². The molecule has 0 amide bonds. The smallest absolute Gasteiger partial charge is 0.343 e. The second kappa shape index (κ2) is 7.65. The molecule has 0 aliphatic carbocycles. The largest absolute Gasteiger partial charge is 0.506 e. The van der Waals surface area contributed by atoms with E-state index in [1.165, 1.54) is 23.4 Å². The molecule has 29 heavy (non-hydrogen) atoms. The van der Waals surface area contributed by atoms with Gasteiger partial charge < -0.3 is 24.6 Å². The lowest BCUT2D eigenvalue weighted by Crippen LogP contribution is -2.38. The van der Waals surface area contributed by atoms with Crippen molar-refractivity contribution in [1.82, 2.24) is 4.90 Å². The molecular formula is C22H17NO6. The molecule has 0 spiro atoms. The Morgan fingerprint density at radius 2 is 1.41 bits per heavy atom. The van der Waals surface area contributed by atoms with Crippen LogP contribution in [0, 0.1) is 0 Å². The number of carbonyl (C=O) groups excluding carboxylic acids is 2. The molecule has 0 aromatic heterocycles. The maximum Gasteiger partial charge on any atom is 0.343 e. The lowest BCUT2D eigenvalue weighted by Gasteiger charge is -2.30. The molecule has 2 aromatic carbocycles. The molecule has 0 fully saturated rings. The van der Waals surface area contributed by atoms with E-state index in [1.807, 2.05) is 0 Å². The van der Waals surface area contributed by atoms with Crippen molar-refractivity contribution in [1.29, 1.82) is 0 Å². The second-order valence-corrected chi connectivity index (χ2v) is 6.44. The number of ether oxygens (including phenoxy) is 2. The third-order valence-corrected chi connectivity index (χ3v) is 4.52. The van der Waals surface area contributed by atoms with E-state index in [-0.39, 0.29) is 17.1 Å². The van der Waals surface area contributed by atoms with Gasteiger partial charge in [-0.3, -0.25) is 0 Å². The van der Waals surface area contributed by atoms with Gasteiger partial charge >= 0.3 is 11.9 Å². The zero-order valence-electron chi connectivity index (χ0n) is 15.1. The van der Waals surface area contributed by atoms with Gasteiger partial charge in [0.1, 0.15) is 12.1 Å². The van der Waals surface area contributed by atoms with Crippen LogP contribution in [-0.4, -0.2) is 39.2 Å². The number of esters is 2. The molecule has 2 N–H and O–H groups in total. The van der Waals surface area contributed by atoms with Crippen LogP contribution < -0.4 is 0 Å². The van der Waals surface area contributed by atoms with Gasteiger partial charge in [0.2, 0.25) is 5.76 Å². The van der Waals surface area contributed by atoms with Crippen LogP contribution in [0.15, 0.2) is 96.4 Å². The number of benzene rings is 2. The molecule has 2 atom stereocenters. The Kier molecular flexibility index (Phi) is 4.88. The summed E-state index contributed by atoms with van der Waals surface area (Å²) in [5, 5.41) is 20.8. The van der Waals surface area contributed by atoms with E-state index < -0.39 is 29.8 Å². The van der Waals surface area contributed by atoms with Crippen molar-refractivity contribution in [3.05, 3.63) is 108 Å². The van der Waals surface area contributed by atoms with E-state index in [4.69, 9.17) is 9.47 Å². The molecule has 146 valence electrons.